The average molecular weight is 369 g/mol. The molecule has 5 aromatic rings. The van der Waals surface area contributed by atoms with Crippen molar-refractivity contribution in [1.82, 2.24) is 14.5 Å². The molecule has 138 valence electrons. The van der Waals surface area contributed by atoms with Gasteiger partial charge >= 0.3 is 0 Å². The number of nitrogens with zero attached hydrogens (tertiary/aromatic N) is 2. The molecule has 0 unspecified atom stereocenters. The minimum Gasteiger partial charge on any atom is -0.440 e. The van der Waals surface area contributed by atoms with E-state index in [9.17, 15) is 4.79 Å². The van der Waals surface area contributed by atoms with E-state index in [2.05, 4.69) is 53.3 Å². The van der Waals surface area contributed by atoms with Gasteiger partial charge in [0, 0.05) is 30.1 Å². The number of H-pyrrole nitrogens is 1. The second-order valence-corrected chi connectivity index (χ2v) is 7.73. The summed E-state index contributed by atoms with van der Waals surface area (Å²) in [6.07, 6.45) is 4.03. The highest BCUT2D eigenvalue weighted by atomic mass is 16.3. The summed E-state index contributed by atoms with van der Waals surface area (Å²) < 4.78 is 7.79. The lowest BCUT2D eigenvalue weighted by Gasteiger charge is -2.15. The van der Waals surface area contributed by atoms with Crippen LogP contribution >= 0.6 is 0 Å². The first-order chi connectivity index (χ1) is 13.6. The molecule has 5 nitrogen and oxygen atoms in total. The van der Waals surface area contributed by atoms with E-state index >= 15 is 0 Å². The molecule has 0 radical (unpaired) electrons. The van der Waals surface area contributed by atoms with Crippen LogP contribution in [0.3, 0.4) is 0 Å². The summed E-state index contributed by atoms with van der Waals surface area (Å²) in [6.45, 7) is 3.89. The molecular formula is C23H19N3O2. The minimum absolute atomic E-state index is 0.0399. The molecule has 3 aromatic heterocycles. The van der Waals surface area contributed by atoms with Crippen molar-refractivity contribution in [2.24, 2.45) is 0 Å². The maximum Gasteiger partial charge on any atom is 0.281 e. The summed E-state index contributed by atoms with van der Waals surface area (Å²) in [7, 11) is 0. The smallest absolute Gasteiger partial charge is 0.281 e. The predicted octanol–water partition coefficient (Wildman–Crippen LogP) is 5.24. The van der Waals surface area contributed by atoms with E-state index in [0.717, 1.165) is 46.0 Å². The van der Waals surface area contributed by atoms with Gasteiger partial charge in [-0.25, -0.2) is 4.98 Å². The van der Waals surface area contributed by atoms with Gasteiger partial charge in [0.15, 0.2) is 17.0 Å². The van der Waals surface area contributed by atoms with Gasteiger partial charge in [-0.3, -0.25) is 4.79 Å². The number of hydrogen-bond acceptors (Lipinski definition) is 3. The lowest BCUT2D eigenvalue weighted by atomic mass is 9.96. The van der Waals surface area contributed by atoms with Gasteiger partial charge in [-0.05, 0) is 60.0 Å². The van der Waals surface area contributed by atoms with Crippen molar-refractivity contribution < 1.29 is 4.42 Å². The Labute approximate surface area is 160 Å². The van der Waals surface area contributed by atoms with Crippen LogP contribution in [0.25, 0.3) is 44.0 Å². The van der Waals surface area contributed by atoms with E-state index in [-0.39, 0.29) is 11.6 Å². The van der Waals surface area contributed by atoms with E-state index < -0.39 is 0 Å². The molecular weight excluding hydrogens is 350 g/mol. The van der Waals surface area contributed by atoms with Crippen molar-refractivity contribution in [3.63, 3.8) is 0 Å². The van der Waals surface area contributed by atoms with E-state index in [0.29, 0.717) is 17.0 Å². The molecule has 5 heteroatoms. The Morgan fingerprint density at radius 3 is 2.82 bits per heavy atom. The zero-order valence-corrected chi connectivity index (χ0v) is 15.7. The molecule has 1 fully saturated rings. The predicted molar refractivity (Wildman–Crippen MR) is 111 cm³/mol. The van der Waals surface area contributed by atoms with Gasteiger partial charge in [-0.1, -0.05) is 18.2 Å². The maximum atomic E-state index is 13.2. The van der Waals surface area contributed by atoms with Crippen LogP contribution < -0.4 is 5.56 Å². The SMILES string of the molecule is Cc1nc2c(=O)n(C3CC3)c3c(C)c(-c4ccc5cc[nH]c5c4)ccc3c2o1. The fourth-order valence-electron chi connectivity index (χ4n) is 4.37. The molecule has 28 heavy (non-hydrogen) atoms. The largest absolute Gasteiger partial charge is 0.440 e. The zero-order chi connectivity index (χ0) is 19.0. The first kappa shape index (κ1) is 15.7. The Hall–Kier alpha value is -3.34. The van der Waals surface area contributed by atoms with Gasteiger partial charge in [-0.2, -0.15) is 0 Å². The average Bonchev–Trinajstić information content (AvgIpc) is 3.26. The molecule has 1 N–H and O–H groups in total. The van der Waals surface area contributed by atoms with Crippen molar-refractivity contribution in [2.75, 3.05) is 0 Å². The van der Waals surface area contributed by atoms with Crippen LogP contribution in [-0.2, 0) is 0 Å². The number of aromatic nitrogens is 3. The quantitative estimate of drug-likeness (QED) is 0.463. The first-order valence-electron chi connectivity index (χ1n) is 9.64. The molecule has 0 amide bonds. The molecule has 1 saturated carbocycles. The molecule has 0 spiro atoms. The standard InChI is InChI=1S/C23H19N3O2/c1-12-17(15-4-3-14-9-10-24-19(14)11-15)7-8-18-21(12)26(16-5-6-16)23(27)20-22(18)28-13(2)25-20/h3-4,7-11,16,24H,5-6H2,1-2H3. The number of rotatable bonds is 2. The van der Waals surface area contributed by atoms with Crippen molar-refractivity contribution in [2.45, 2.75) is 32.7 Å². The Kier molecular flexibility index (Phi) is 3.00. The fourth-order valence-corrected chi connectivity index (χ4v) is 4.37. The molecule has 1 aliphatic carbocycles. The third kappa shape index (κ3) is 2.07. The van der Waals surface area contributed by atoms with Crippen molar-refractivity contribution >= 4 is 32.9 Å². The Morgan fingerprint density at radius 2 is 2.00 bits per heavy atom. The second kappa shape index (κ2) is 5.35. The number of nitrogens with one attached hydrogen (secondary N) is 1. The summed E-state index contributed by atoms with van der Waals surface area (Å²) in [4.78, 5) is 20.9. The first-order valence-corrected chi connectivity index (χ1v) is 9.64. The third-order valence-corrected chi connectivity index (χ3v) is 5.85. The Morgan fingerprint density at radius 1 is 1.14 bits per heavy atom. The summed E-state index contributed by atoms with van der Waals surface area (Å²) in [6, 6.07) is 13.0. The Bertz CT molecular complexity index is 1460. The summed E-state index contributed by atoms with van der Waals surface area (Å²) in [5.74, 6) is 0.529. The number of benzene rings is 2. The number of hydrogen-bond donors (Lipinski definition) is 1. The second-order valence-electron chi connectivity index (χ2n) is 7.73. The van der Waals surface area contributed by atoms with Crippen LogP contribution in [0.4, 0.5) is 0 Å². The van der Waals surface area contributed by atoms with Gasteiger partial charge in [0.2, 0.25) is 0 Å². The molecule has 0 aliphatic heterocycles. The highest BCUT2D eigenvalue weighted by Crippen LogP contribution is 2.40. The van der Waals surface area contributed by atoms with Crippen molar-refractivity contribution in [1.29, 1.82) is 0 Å². The maximum absolute atomic E-state index is 13.2. The normalized spacial score (nSPS) is 14.5. The molecule has 0 saturated heterocycles. The van der Waals surface area contributed by atoms with E-state index in [1.54, 1.807) is 6.92 Å². The zero-order valence-electron chi connectivity index (χ0n) is 15.7. The van der Waals surface area contributed by atoms with Crippen molar-refractivity contribution in [3.8, 4) is 11.1 Å². The van der Waals surface area contributed by atoms with Crippen LogP contribution in [0.15, 0.2) is 51.8 Å². The molecule has 0 bridgehead atoms. The van der Waals surface area contributed by atoms with E-state index in [1.165, 1.54) is 5.39 Å². The lowest BCUT2D eigenvalue weighted by Crippen LogP contribution is -2.20. The fraction of sp³-hybridized carbons (Fsp3) is 0.217. The number of aryl methyl sites for hydroxylation is 2. The van der Waals surface area contributed by atoms with Gasteiger partial charge in [-0.15, -0.1) is 0 Å². The summed E-state index contributed by atoms with van der Waals surface area (Å²) >= 11 is 0. The molecule has 1 aliphatic rings. The van der Waals surface area contributed by atoms with Gasteiger partial charge in [0.05, 0.1) is 5.52 Å². The van der Waals surface area contributed by atoms with Gasteiger partial charge < -0.3 is 14.0 Å². The summed E-state index contributed by atoms with van der Waals surface area (Å²) in [5.41, 5.74) is 6.45. The molecule has 2 aromatic carbocycles. The monoisotopic (exact) mass is 369 g/mol. The highest BCUT2D eigenvalue weighted by molar-refractivity contribution is 6.04. The highest BCUT2D eigenvalue weighted by Gasteiger charge is 2.30. The Balaban J connectivity index is 1.73. The number of fused-ring (bicyclic) bond motifs is 4. The van der Waals surface area contributed by atoms with Crippen LogP contribution in [0.1, 0.15) is 30.3 Å². The van der Waals surface area contributed by atoms with Crippen LogP contribution in [0, 0.1) is 13.8 Å². The number of oxazole rings is 1. The van der Waals surface area contributed by atoms with Gasteiger partial charge in [0.25, 0.3) is 5.56 Å². The minimum atomic E-state index is -0.0399. The third-order valence-electron chi connectivity index (χ3n) is 5.85. The number of pyridine rings is 1. The van der Waals surface area contributed by atoms with E-state index in [4.69, 9.17) is 4.42 Å². The summed E-state index contributed by atoms with van der Waals surface area (Å²) in [5, 5.41) is 2.15. The van der Waals surface area contributed by atoms with E-state index in [1.807, 2.05) is 10.8 Å². The van der Waals surface area contributed by atoms with Crippen LogP contribution in [0.5, 0.6) is 0 Å². The topological polar surface area (TPSA) is 63.8 Å². The van der Waals surface area contributed by atoms with Crippen LogP contribution in [0.2, 0.25) is 0 Å². The number of aromatic amines is 1. The molecule has 0 atom stereocenters. The van der Waals surface area contributed by atoms with Gasteiger partial charge in [0.1, 0.15) is 0 Å². The molecule has 3 heterocycles. The molecule has 6 rings (SSSR count). The van der Waals surface area contributed by atoms with Crippen molar-refractivity contribution in [3.05, 3.63) is 64.4 Å². The lowest BCUT2D eigenvalue weighted by molar-refractivity contribution is 0.563. The van der Waals surface area contributed by atoms with Crippen LogP contribution in [-0.4, -0.2) is 14.5 Å².